The van der Waals surface area contributed by atoms with Gasteiger partial charge in [-0.1, -0.05) is 30.3 Å². The zero-order valence-corrected chi connectivity index (χ0v) is 22.2. The zero-order valence-electron chi connectivity index (χ0n) is 21.4. The Morgan fingerprint density at radius 1 is 0.846 bits per heavy atom. The Bertz CT molecular complexity index is 1920. The van der Waals surface area contributed by atoms with Crippen molar-refractivity contribution in [3.63, 3.8) is 0 Å². The third kappa shape index (κ3) is 3.96. The Morgan fingerprint density at radius 3 is 2.28 bits per heavy atom. The van der Waals surface area contributed by atoms with Crippen LogP contribution in [-0.4, -0.2) is 48.7 Å². The van der Waals surface area contributed by atoms with Gasteiger partial charge in [0.05, 0.1) is 43.0 Å². The normalized spacial score (nSPS) is 11.7. The molecule has 0 spiro atoms. The second kappa shape index (κ2) is 9.48. The van der Waals surface area contributed by atoms with Gasteiger partial charge >= 0.3 is 0 Å². The van der Waals surface area contributed by atoms with E-state index in [1.807, 2.05) is 30.3 Å². The van der Waals surface area contributed by atoms with E-state index in [0.717, 1.165) is 22.0 Å². The van der Waals surface area contributed by atoms with Crippen LogP contribution in [0.3, 0.4) is 0 Å². The lowest BCUT2D eigenvalue weighted by Gasteiger charge is -2.14. The first-order valence-corrected chi connectivity index (χ1v) is 13.5. The minimum absolute atomic E-state index is 0.220. The predicted molar refractivity (Wildman–Crippen MR) is 149 cm³/mol. The molecule has 0 atom stereocenters. The molecule has 0 aliphatic heterocycles. The highest BCUT2D eigenvalue weighted by molar-refractivity contribution is 7.90. The quantitative estimate of drug-likeness (QED) is 0.284. The van der Waals surface area contributed by atoms with E-state index in [2.05, 4.69) is 9.97 Å². The van der Waals surface area contributed by atoms with Gasteiger partial charge in [-0.2, -0.15) is 0 Å². The van der Waals surface area contributed by atoms with Crippen molar-refractivity contribution in [1.82, 2.24) is 18.9 Å². The van der Waals surface area contributed by atoms with Gasteiger partial charge in [0.15, 0.2) is 11.5 Å². The van der Waals surface area contributed by atoms with E-state index in [9.17, 15) is 8.42 Å². The summed E-state index contributed by atoms with van der Waals surface area (Å²) in [4.78, 5) is 13.1. The molecule has 3 aromatic heterocycles. The van der Waals surface area contributed by atoms with Gasteiger partial charge in [-0.3, -0.25) is 4.98 Å². The molecule has 0 radical (unpaired) electrons. The summed E-state index contributed by atoms with van der Waals surface area (Å²) in [5.41, 5.74) is 4.12. The molecule has 6 rings (SSSR count). The number of pyridine rings is 1. The van der Waals surface area contributed by atoms with Gasteiger partial charge in [-0.25, -0.2) is 17.4 Å². The number of nitrogens with one attached hydrogen (secondary N) is 1. The molecule has 196 valence electrons. The van der Waals surface area contributed by atoms with Gasteiger partial charge in [0.25, 0.3) is 10.0 Å². The fraction of sp³-hybridized carbons (Fsp3) is 0.103. The number of hydrogen-bond donors (Lipinski definition) is 1. The molecule has 3 heterocycles. The van der Waals surface area contributed by atoms with Crippen LogP contribution in [0.1, 0.15) is 0 Å². The van der Waals surface area contributed by atoms with E-state index in [4.69, 9.17) is 19.2 Å². The van der Waals surface area contributed by atoms with Crippen molar-refractivity contribution in [1.29, 1.82) is 0 Å². The van der Waals surface area contributed by atoms with Gasteiger partial charge in [0.2, 0.25) is 5.75 Å². The number of hydrogen-bond acceptors (Lipinski definition) is 7. The zero-order chi connectivity index (χ0) is 27.1. The first-order chi connectivity index (χ1) is 19.0. The fourth-order valence-corrected chi connectivity index (χ4v) is 6.12. The van der Waals surface area contributed by atoms with Crippen LogP contribution in [0.15, 0.2) is 90.1 Å². The number of rotatable bonds is 7. The molecule has 0 amide bonds. The molecule has 0 unspecified atom stereocenters. The summed E-state index contributed by atoms with van der Waals surface area (Å²) < 4.78 is 44.5. The molecule has 0 bridgehead atoms. The molecule has 9 nitrogen and oxygen atoms in total. The Morgan fingerprint density at radius 2 is 1.59 bits per heavy atom. The number of nitrogens with zero attached hydrogens (tertiary/aromatic N) is 3. The maximum atomic E-state index is 13.4. The van der Waals surface area contributed by atoms with Crippen molar-refractivity contribution in [2.24, 2.45) is 0 Å². The third-order valence-corrected chi connectivity index (χ3v) is 8.30. The Hall–Kier alpha value is -4.83. The van der Waals surface area contributed by atoms with E-state index >= 15 is 0 Å². The van der Waals surface area contributed by atoms with Gasteiger partial charge < -0.3 is 19.2 Å². The molecule has 0 saturated carbocycles. The first kappa shape index (κ1) is 24.5. The molecule has 0 saturated heterocycles. The minimum Gasteiger partial charge on any atom is -0.493 e. The van der Waals surface area contributed by atoms with E-state index < -0.39 is 10.0 Å². The highest BCUT2D eigenvalue weighted by Crippen LogP contribution is 2.42. The monoisotopic (exact) mass is 540 g/mol. The van der Waals surface area contributed by atoms with Gasteiger partial charge in [-0.05, 0) is 42.5 Å². The Balaban J connectivity index is 1.50. The Kier molecular flexibility index (Phi) is 5.96. The Labute approximate surface area is 224 Å². The summed E-state index contributed by atoms with van der Waals surface area (Å²) in [6.07, 6.45) is 3.27. The summed E-state index contributed by atoms with van der Waals surface area (Å²) in [6.45, 7) is 0. The lowest BCUT2D eigenvalue weighted by Crippen LogP contribution is -2.11. The molecule has 0 fully saturated rings. The molecule has 10 heteroatoms. The van der Waals surface area contributed by atoms with Crippen molar-refractivity contribution in [2.45, 2.75) is 4.90 Å². The highest BCUT2D eigenvalue weighted by Gasteiger charge is 2.22. The van der Waals surface area contributed by atoms with Crippen molar-refractivity contribution < 1.29 is 22.6 Å². The average molecular weight is 541 g/mol. The summed E-state index contributed by atoms with van der Waals surface area (Å²) in [5.74, 6) is 2.09. The number of fused-ring (bicyclic) bond motifs is 2. The highest BCUT2D eigenvalue weighted by atomic mass is 32.2. The lowest BCUT2D eigenvalue weighted by atomic mass is 10.1. The number of ether oxygens (including phenoxy) is 3. The SMILES string of the molecule is COc1cc(-c2nccc3[nH]c(-c4cccc5c4ccn5S(=O)(=O)c4ccccc4)nc23)cc(OC)c1OC. The van der Waals surface area contributed by atoms with Gasteiger partial charge in [0.1, 0.15) is 11.3 Å². The van der Waals surface area contributed by atoms with Crippen LogP contribution in [0.4, 0.5) is 0 Å². The summed E-state index contributed by atoms with van der Waals surface area (Å²) in [6, 6.07) is 21.2. The number of benzene rings is 3. The number of H-pyrrole nitrogens is 1. The first-order valence-electron chi connectivity index (χ1n) is 12.0. The number of imidazole rings is 1. The van der Waals surface area contributed by atoms with Crippen LogP contribution >= 0.6 is 0 Å². The largest absolute Gasteiger partial charge is 0.493 e. The maximum absolute atomic E-state index is 13.4. The number of aromatic nitrogens is 4. The second-order valence-electron chi connectivity index (χ2n) is 8.72. The van der Waals surface area contributed by atoms with E-state index in [1.54, 1.807) is 76.2 Å². The van der Waals surface area contributed by atoms with Crippen LogP contribution < -0.4 is 14.2 Å². The van der Waals surface area contributed by atoms with Crippen molar-refractivity contribution in [2.75, 3.05) is 21.3 Å². The van der Waals surface area contributed by atoms with Crippen LogP contribution in [0.5, 0.6) is 17.2 Å². The van der Waals surface area contributed by atoms with Gasteiger partial charge in [0, 0.05) is 28.9 Å². The molecule has 3 aromatic carbocycles. The average Bonchev–Trinajstić information content (AvgIpc) is 3.62. The molecule has 1 N–H and O–H groups in total. The predicted octanol–water partition coefficient (Wildman–Crippen LogP) is 5.51. The maximum Gasteiger partial charge on any atom is 0.268 e. The summed E-state index contributed by atoms with van der Waals surface area (Å²) in [5, 5.41) is 0.748. The minimum atomic E-state index is -3.77. The molecule has 0 aliphatic carbocycles. The van der Waals surface area contributed by atoms with Crippen molar-refractivity contribution >= 4 is 32.0 Å². The summed E-state index contributed by atoms with van der Waals surface area (Å²) >= 11 is 0. The molecule has 39 heavy (non-hydrogen) atoms. The van der Waals surface area contributed by atoms with E-state index in [1.165, 1.54) is 3.97 Å². The second-order valence-corrected chi connectivity index (χ2v) is 10.5. The van der Waals surface area contributed by atoms with Gasteiger partial charge in [-0.15, -0.1) is 0 Å². The number of methoxy groups -OCH3 is 3. The molecule has 0 aliphatic rings. The van der Waals surface area contributed by atoms with Crippen molar-refractivity contribution in [3.8, 4) is 39.9 Å². The molecular formula is C29H24N4O5S. The van der Waals surface area contributed by atoms with Crippen LogP contribution in [0, 0.1) is 0 Å². The topological polar surface area (TPSA) is 108 Å². The molecular weight excluding hydrogens is 516 g/mol. The third-order valence-electron chi connectivity index (χ3n) is 6.59. The van der Waals surface area contributed by atoms with Crippen LogP contribution in [0.2, 0.25) is 0 Å². The van der Waals surface area contributed by atoms with Crippen LogP contribution in [-0.2, 0) is 10.0 Å². The standard InChI is InChI=1S/C29H24N4O5S/c1-36-24-16-18(17-25(37-2)28(24)38-3)26-27-22(12-14-30-26)31-29(32-27)21-10-7-11-23-20(21)13-15-33(23)39(34,35)19-8-5-4-6-9-19/h4-17H,1-3H3,(H,31,32). The van der Waals surface area contributed by atoms with Crippen molar-refractivity contribution in [3.05, 3.63) is 85.2 Å². The lowest BCUT2D eigenvalue weighted by molar-refractivity contribution is 0.324. The van der Waals surface area contributed by atoms with E-state index in [-0.39, 0.29) is 4.90 Å². The molecule has 6 aromatic rings. The summed E-state index contributed by atoms with van der Waals surface area (Å²) in [7, 11) is 0.912. The number of aromatic amines is 1. The van der Waals surface area contributed by atoms with E-state index in [0.29, 0.717) is 39.8 Å². The fourth-order valence-electron chi connectivity index (χ4n) is 4.76. The van der Waals surface area contributed by atoms with Crippen LogP contribution in [0.25, 0.3) is 44.6 Å². The smallest absolute Gasteiger partial charge is 0.268 e.